The first-order chi connectivity index (χ1) is 6.29. The third-order valence-corrected chi connectivity index (χ3v) is 2.23. The molecule has 1 aromatic heterocycles. The average Bonchev–Trinajstić information content (AvgIpc) is 2.57. The molecule has 65 valence electrons. The maximum absolute atomic E-state index is 5.93. The van der Waals surface area contributed by atoms with E-state index >= 15 is 0 Å². The molecule has 0 aliphatic carbocycles. The van der Waals surface area contributed by atoms with Crippen molar-refractivity contribution in [2.24, 2.45) is 0 Å². The third-order valence-electron chi connectivity index (χ3n) is 1.60. The van der Waals surface area contributed by atoms with E-state index in [0.29, 0.717) is 21.4 Å². The Morgan fingerprint density at radius 3 is 2.46 bits per heavy atom. The van der Waals surface area contributed by atoms with E-state index in [0.717, 1.165) is 0 Å². The van der Waals surface area contributed by atoms with E-state index in [9.17, 15) is 0 Å². The van der Waals surface area contributed by atoms with Gasteiger partial charge in [0.1, 0.15) is 0 Å². The van der Waals surface area contributed by atoms with Crippen LogP contribution in [-0.2, 0) is 0 Å². The molecule has 2 nitrogen and oxygen atoms in total. The van der Waals surface area contributed by atoms with Gasteiger partial charge in [-0.1, -0.05) is 29.3 Å². The minimum atomic E-state index is 0.524. The molecule has 1 aromatic carbocycles. The zero-order chi connectivity index (χ0) is 9.26. The van der Waals surface area contributed by atoms with E-state index in [2.05, 4.69) is 11.4 Å². The van der Waals surface area contributed by atoms with E-state index < -0.39 is 0 Å². The molecule has 0 saturated carbocycles. The molecule has 0 bridgehead atoms. The number of benzene rings is 1. The number of hydrogen-bond acceptors (Lipinski definition) is 2. The second-order valence-electron chi connectivity index (χ2n) is 2.41. The van der Waals surface area contributed by atoms with Crippen molar-refractivity contribution in [2.75, 3.05) is 0 Å². The standard InChI is InChI=1S/C9H4Cl2NO/c10-6-2-1-3-7(11)9(6)8-4-12-5-13-8/h1-4H. The molecule has 1 heterocycles. The van der Waals surface area contributed by atoms with E-state index in [4.69, 9.17) is 27.6 Å². The molecule has 0 amide bonds. The van der Waals surface area contributed by atoms with Gasteiger partial charge in [-0.25, -0.2) is 4.98 Å². The Bertz CT molecular complexity index is 391. The van der Waals surface area contributed by atoms with Gasteiger partial charge >= 0.3 is 0 Å². The van der Waals surface area contributed by atoms with Crippen LogP contribution < -0.4 is 0 Å². The van der Waals surface area contributed by atoms with Gasteiger partial charge in [0.05, 0.1) is 21.8 Å². The van der Waals surface area contributed by atoms with Crippen LogP contribution in [0.4, 0.5) is 0 Å². The molecule has 0 aliphatic heterocycles. The monoisotopic (exact) mass is 212 g/mol. The lowest BCUT2D eigenvalue weighted by Gasteiger charge is -2.01. The summed E-state index contributed by atoms with van der Waals surface area (Å²) in [6, 6.07) is 5.25. The number of halogens is 2. The van der Waals surface area contributed by atoms with E-state index in [1.165, 1.54) is 6.20 Å². The number of hydrogen-bond donors (Lipinski definition) is 0. The lowest BCUT2D eigenvalue weighted by molar-refractivity contribution is 0.562. The molecule has 0 atom stereocenters. The van der Waals surface area contributed by atoms with Crippen molar-refractivity contribution in [3.8, 4) is 11.3 Å². The number of rotatable bonds is 1. The van der Waals surface area contributed by atoms with Crippen molar-refractivity contribution < 1.29 is 4.42 Å². The summed E-state index contributed by atoms with van der Waals surface area (Å²) in [6.45, 7) is 0. The van der Waals surface area contributed by atoms with E-state index in [1.807, 2.05) is 0 Å². The van der Waals surface area contributed by atoms with Gasteiger partial charge in [-0.05, 0) is 12.1 Å². The van der Waals surface area contributed by atoms with E-state index in [1.54, 1.807) is 18.2 Å². The van der Waals surface area contributed by atoms with Gasteiger partial charge in [-0.2, -0.15) is 0 Å². The van der Waals surface area contributed by atoms with Crippen molar-refractivity contribution in [1.29, 1.82) is 0 Å². The largest absolute Gasteiger partial charge is 0.432 e. The smallest absolute Gasteiger partial charge is 0.284 e. The molecule has 2 rings (SSSR count). The Morgan fingerprint density at radius 2 is 1.92 bits per heavy atom. The molecule has 0 unspecified atom stereocenters. The fraction of sp³-hybridized carbons (Fsp3) is 0. The first kappa shape index (κ1) is 8.60. The van der Waals surface area contributed by atoms with Crippen molar-refractivity contribution >= 4 is 23.2 Å². The maximum atomic E-state index is 5.93. The Morgan fingerprint density at radius 1 is 1.23 bits per heavy atom. The fourth-order valence-corrected chi connectivity index (χ4v) is 1.62. The molecule has 13 heavy (non-hydrogen) atoms. The van der Waals surface area contributed by atoms with E-state index in [-0.39, 0.29) is 0 Å². The van der Waals surface area contributed by atoms with Gasteiger partial charge in [-0.3, -0.25) is 0 Å². The van der Waals surface area contributed by atoms with Gasteiger partial charge in [0.15, 0.2) is 5.76 Å². The summed E-state index contributed by atoms with van der Waals surface area (Å²) >= 11 is 11.9. The molecular formula is C9H4Cl2NO. The Balaban J connectivity index is 2.64. The van der Waals surface area contributed by atoms with Crippen LogP contribution in [0.5, 0.6) is 0 Å². The van der Waals surface area contributed by atoms with Gasteiger partial charge in [0, 0.05) is 0 Å². The van der Waals surface area contributed by atoms with Crippen molar-refractivity contribution in [3.05, 3.63) is 40.8 Å². The highest BCUT2D eigenvalue weighted by Gasteiger charge is 2.10. The molecular weight excluding hydrogens is 209 g/mol. The molecule has 0 fully saturated rings. The maximum Gasteiger partial charge on any atom is 0.284 e. The zero-order valence-electron chi connectivity index (χ0n) is 6.42. The molecule has 0 saturated heterocycles. The molecule has 2 aromatic rings. The highest BCUT2D eigenvalue weighted by Crippen LogP contribution is 2.33. The molecule has 0 spiro atoms. The summed E-state index contributed by atoms with van der Waals surface area (Å²) < 4.78 is 4.98. The third kappa shape index (κ3) is 1.55. The summed E-state index contributed by atoms with van der Waals surface area (Å²) in [4.78, 5) is 3.67. The summed E-state index contributed by atoms with van der Waals surface area (Å²) in [6.07, 6.45) is 3.86. The normalized spacial score (nSPS) is 10.3. The SMILES string of the molecule is Clc1cccc(Cl)c1-c1cn[c]o1. The summed E-state index contributed by atoms with van der Waals surface area (Å²) in [7, 11) is 0. The Kier molecular flexibility index (Phi) is 2.25. The van der Waals surface area contributed by atoms with Gasteiger partial charge in [0.25, 0.3) is 6.39 Å². The van der Waals surface area contributed by atoms with Gasteiger partial charge < -0.3 is 4.42 Å². The van der Waals surface area contributed by atoms with Crippen LogP contribution in [0.15, 0.2) is 28.8 Å². The van der Waals surface area contributed by atoms with Crippen LogP contribution in [0, 0.1) is 6.39 Å². The van der Waals surface area contributed by atoms with Crippen molar-refractivity contribution in [1.82, 2.24) is 4.98 Å². The summed E-state index contributed by atoms with van der Waals surface area (Å²) in [5.41, 5.74) is 0.652. The predicted octanol–water partition coefficient (Wildman–Crippen LogP) is 3.45. The predicted molar refractivity (Wildman–Crippen MR) is 50.8 cm³/mol. The molecule has 4 heteroatoms. The van der Waals surface area contributed by atoms with Crippen LogP contribution in [-0.4, -0.2) is 4.98 Å². The highest BCUT2D eigenvalue weighted by atomic mass is 35.5. The van der Waals surface area contributed by atoms with Gasteiger partial charge in [-0.15, -0.1) is 0 Å². The second kappa shape index (κ2) is 3.40. The van der Waals surface area contributed by atoms with Crippen LogP contribution in [0.3, 0.4) is 0 Å². The summed E-state index contributed by atoms with van der Waals surface area (Å²) in [5.74, 6) is 0.524. The van der Waals surface area contributed by atoms with Crippen LogP contribution >= 0.6 is 23.2 Å². The highest BCUT2D eigenvalue weighted by molar-refractivity contribution is 6.39. The minimum absolute atomic E-state index is 0.524. The molecule has 0 aliphatic rings. The van der Waals surface area contributed by atoms with Crippen LogP contribution in [0.1, 0.15) is 0 Å². The molecule has 0 N–H and O–H groups in total. The topological polar surface area (TPSA) is 26.0 Å². The van der Waals surface area contributed by atoms with Crippen molar-refractivity contribution in [3.63, 3.8) is 0 Å². The quantitative estimate of drug-likeness (QED) is 0.724. The second-order valence-corrected chi connectivity index (χ2v) is 3.23. The number of nitrogens with zero attached hydrogens (tertiary/aromatic N) is 1. The summed E-state index contributed by atoms with van der Waals surface area (Å²) in [5, 5.41) is 1.08. The van der Waals surface area contributed by atoms with Gasteiger partial charge in [0.2, 0.25) is 0 Å². The van der Waals surface area contributed by atoms with Crippen LogP contribution in [0.25, 0.3) is 11.3 Å². The van der Waals surface area contributed by atoms with Crippen molar-refractivity contribution in [2.45, 2.75) is 0 Å². The number of aromatic nitrogens is 1. The first-order valence-corrected chi connectivity index (χ1v) is 4.31. The Labute approximate surface area is 85.1 Å². The minimum Gasteiger partial charge on any atom is -0.432 e. The Hall–Kier alpha value is -0.990. The van der Waals surface area contributed by atoms with Crippen LogP contribution in [0.2, 0.25) is 10.0 Å². The zero-order valence-corrected chi connectivity index (χ0v) is 7.93. The molecule has 1 radical (unpaired) electrons. The number of oxazole rings is 1. The lowest BCUT2D eigenvalue weighted by Crippen LogP contribution is -1.77. The fourth-order valence-electron chi connectivity index (χ4n) is 1.04. The lowest BCUT2D eigenvalue weighted by atomic mass is 10.2. The first-order valence-electron chi connectivity index (χ1n) is 3.55. The average molecular weight is 213 g/mol.